The summed E-state index contributed by atoms with van der Waals surface area (Å²) in [6, 6.07) is 3.06. The molecule has 8 heteroatoms. The second kappa shape index (κ2) is 4.50. The standard InChI is InChI=1S/C11H10ClN3O3S/c12-9-10(7-1-2-7)14-18-11(9)19(16,17)15-8-3-5-13-6-4-8/h3-7H,1-2H2,(H,13,15). The summed E-state index contributed by atoms with van der Waals surface area (Å²) < 4.78 is 31.5. The number of nitrogens with one attached hydrogen (secondary N) is 1. The van der Waals surface area contributed by atoms with Crippen LogP contribution in [0.1, 0.15) is 24.5 Å². The monoisotopic (exact) mass is 299 g/mol. The number of anilines is 1. The fourth-order valence-corrected chi connectivity index (χ4v) is 3.22. The van der Waals surface area contributed by atoms with Gasteiger partial charge in [-0.1, -0.05) is 16.8 Å². The molecule has 1 fully saturated rings. The second-order valence-corrected chi connectivity index (χ2v) is 6.24. The Bertz CT molecular complexity index is 695. The molecule has 0 aromatic carbocycles. The summed E-state index contributed by atoms with van der Waals surface area (Å²) in [5.74, 6) is 0.223. The summed E-state index contributed by atoms with van der Waals surface area (Å²) in [4.78, 5) is 3.80. The smallest absolute Gasteiger partial charge is 0.299 e. The molecule has 3 rings (SSSR count). The summed E-state index contributed by atoms with van der Waals surface area (Å²) in [7, 11) is -3.87. The molecule has 0 bridgehead atoms. The maximum Gasteiger partial charge on any atom is 0.299 e. The summed E-state index contributed by atoms with van der Waals surface area (Å²) in [5.41, 5.74) is 0.909. The summed E-state index contributed by atoms with van der Waals surface area (Å²) in [5, 5.41) is 3.48. The Balaban J connectivity index is 1.92. The first-order valence-corrected chi connectivity index (χ1v) is 7.52. The number of sulfonamides is 1. The Labute approximate surface area is 114 Å². The van der Waals surface area contributed by atoms with E-state index in [1.54, 1.807) is 0 Å². The van der Waals surface area contributed by atoms with Crippen LogP contribution in [0.15, 0.2) is 34.1 Å². The molecule has 0 amide bonds. The number of halogens is 1. The summed E-state index contributed by atoms with van der Waals surface area (Å²) in [6.07, 6.45) is 4.89. The second-order valence-electron chi connectivity index (χ2n) is 4.28. The summed E-state index contributed by atoms with van der Waals surface area (Å²) in [6.45, 7) is 0. The van der Waals surface area contributed by atoms with Crippen LogP contribution < -0.4 is 4.72 Å². The van der Waals surface area contributed by atoms with Crippen molar-refractivity contribution in [1.82, 2.24) is 10.1 Å². The molecule has 2 aromatic heterocycles. The van der Waals surface area contributed by atoms with E-state index in [9.17, 15) is 8.42 Å². The van der Waals surface area contributed by atoms with Gasteiger partial charge in [-0.2, -0.15) is 8.42 Å². The molecule has 1 aliphatic carbocycles. The molecule has 0 unspecified atom stereocenters. The topological polar surface area (TPSA) is 85.1 Å². The van der Waals surface area contributed by atoms with Crippen molar-refractivity contribution in [2.24, 2.45) is 0 Å². The predicted octanol–water partition coefficient (Wildman–Crippen LogP) is 2.40. The first-order valence-electron chi connectivity index (χ1n) is 5.66. The molecule has 6 nitrogen and oxygen atoms in total. The van der Waals surface area contributed by atoms with E-state index < -0.39 is 10.0 Å². The minimum atomic E-state index is -3.87. The van der Waals surface area contributed by atoms with Crippen molar-refractivity contribution in [2.45, 2.75) is 23.9 Å². The van der Waals surface area contributed by atoms with Crippen LogP contribution in [0, 0.1) is 0 Å². The molecule has 0 saturated heterocycles. The van der Waals surface area contributed by atoms with Gasteiger partial charge in [-0.15, -0.1) is 0 Å². The van der Waals surface area contributed by atoms with E-state index >= 15 is 0 Å². The SMILES string of the molecule is O=S(=O)(Nc1ccncc1)c1onc(C2CC2)c1Cl. The zero-order valence-corrected chi connectivity index (χ0v) is 11.3. The van der Waals surface area contributed by atoms with Crippen molar-refractivity contribution in [3.8, 4) is 0 Å². The van der Waals surface area contributed by atoms with Crippen LogP contribution in [0.4, 0.5) is 5.69 Å². The molecule has 19 heavy (non-hydrogen) atoms. The number of hydrogen-bond acceptors (Lipinski definition) is 5. The van der Waals surface area contributed by atoms with Gasteiger partial charge in [0, 0.05) is 18.3 Å². The van der Waals surface area contributed by atoms with Crippen molar-refractivity contribution in [2.75, 3.05) is 4.72 Å². The Morgan fingerprint density at radius 2 is 2.00 bits per heavy atom. The Morgan fingerprint density at radius 1 is 1.32 bits per heavy atom. The van der Waals surface area contributed by atoms with Gasteiger partial charge in [-0.3, -0.25) is 9.71 Å². The van der Waals surface area contributed by atoms with Crippen molar-refractivity contribution in [3.63, 3.8) is 0 Å². The number of rotatable bonds is 4. The van der Waals surface area contributed by atoms with Gasteiger partial charge in [0.15, 0.2) is 0 Å². The van der Waals surface area contributed by atoms with E-state index in [2.05, 4.69) is 14.9 Å². The van der Waals surface area contributed by atoms with E-state index in [0.29, 0.717) is 11.4 Å². The van der Waals surface area contributed by atoms with Crippen LogP contribution in [0.3, 0.4) is 0 Å². The third-order valence-corrected chi connectivity index (χ3v) is 4.52. The Kier molecular flexibility index (Phi) is 2.94. The fraction of sp³-hybridized carbons (Fsp3) is 0.273. The molecule has 0 radical (unpaired) electrons. The van der Waals surface area contributed by atoms with Crippen molar-refractivity contribution in [3.05, 3.63) is 35.2 Å². The molecule has 1 saturated carbocycles. The first kappa shape index (κ1) is 12.4. The number of pyridine rings is 1. The lowest BCUT2D eigenvalue weighted by molar-refractivity contribution is 0.335. The minimum absolute atomic E-state index is 0.0732. The highest BCUT2D eigenvalue weighted by Gasteiger charge is 2.34. The van der Waals surface area contributed by atoms with Gasteiger partial charge in [-0.05, 0) is 25.0 Å². The quantitative estimate of drug-likeness (QED) is 0.937. The van der Waals surface area contributed by atoms with Crippen LogP contribution in [0.25, 0.3) is 0 Å². The third-order valence-electron chi connectivity index (χ3n) is 2.77. The number of hydrogen-bond donors (Lipinski definition) is 1. The third kappa shape index (κ3) is 2.43. The largest absolute Gasteiger partial charge is 0.341 e. The molecule has 2 heterocycles. The van der Waals surface area contributed by atoms with Crippen molar-refractivity contribution < 1.29 is 12.9 Å². The van der Waals surface area contributed by atoms with Crippen LogP contribution in [0.5, 0.6) is 0 Å². The van der Waals surface area contributed by atoms with Crippen LogP contribution in [-0.2, 0) is 10.0 Å². The van der Waals surface area contributed by atoms with E-state index in [1.807, 2.05) is 0 Å². The Hall–Kier alpha value is -1.60. The fourth-order valence-electron chi connectivity index (χ4n) is 1.67. The van der Waals surface area contributed by atoms with Gasteiger partial charge in [-0.25, -0.2) is 0 Å². The highest BCUT2D eigenvalue weighted by atomic mass is 35.5. The minimum Gasteiger partial charge on any atom is -0.341 e. The first-order chi connectivity index (χ1) is 9.08. The van der Waals surface area contributed by atoms with Crippen LogP contribution >= 0.6 is 11.6 Å². The van der Waals surface area contributed by atoms with E-state index in [-0.39, 0.29) is 16.0 Å². The van der Waals surface area contributed by atoms with Crippen molar-refractivity contribution >= 4 is 27.3 Å². The van der Waals surface area contributed by atoms with Crippen LogP contribution in [-0.4, -0.2) is 18.6 Å². The molecular formula is C11H10ClN3O3S. The number of aromatic nitrogens is 2. The van der Waals surface area contributed by atoms with Gasteiger partial charge in [0.2, 0.25) is 0 Å². The van der Waals surface area contributed by atoms with Gasteiger partial charge < -0.3 is 4.52 Å². The molecular weight excluding hydrogens is 290 g/mol. The molecule has 0 atom stereocenters. The van der Waals surface area contributed by atoms with Gasteiger partial charge in [0.25, 0.3) is 15.1 Å². The molecule has 1 aliphatic rings. The lowest BCUT2D eigenvalue weighted by atomic mass is 10.3. The molecule has 100 valence electrons. The maximum absolute atomic E-state index is 12.1. The van der Waals surface area contributed by atoms with Gasteiger partial charge >= 0.3 is 0 Å². The van der Waals surface area contributed by atoms with E-state index in [4.69, 9.17) is 16.1 Å². The van der Waals surface area contributed by atoms with Gasteiger partial charge in [0.1, 0.15) is 10.7 Å². The highest BCUT2D eigenvalue weighted by Crippen LogP contribution is 2.44. The molecule has 0 spiro atoms. The maximum atomic E-state index is 12.1. The molecule has 1 N–H and O–H groups in total. The van der Waals surface area contributed by atoms with Crippen molar-refractivity contribution in [1.29, 1.82) is 0 Å². The van der Waals surface area contributed by atoms with Gasteiger partial charge in [0.05, 0.1) is 5.69 Å². The summed E-state index contributed by atoms with van der Waals surface area (Å²) >= 11 is 6.02. The Morgan fingerprint density at radius 3 is 2.63 bits per heavy atom. The highest BCUT2D eigenvalue weighted by molar-refractivity contribution is 7.92. The average Bonchev–Trinajstić information content (AvgIpc) is 3.13. The lowest BCUT2D eigenvalue weighted by Crippen LogP contribution is -2.12. The molecule has 0 aliphatic heterocycles. The average molecular weight is 300 g/mol. The van der Waals surface area contributed by atoms with Crippen LogP contribution in [0.2, 0.25) is 5.02 Å². The predicted molar refractivity (Wildman–Crippen MR) is 68.5 cm³/mol. The zero-order chi connectivity index (χ0) is 13.5. The zero-order valence-electron chi connectivity index (χ0n) is 9.71. The lowest BCUT2D eigenvalue weighted by Gasteiger charge is -2.04. The molecule has 2 aromatic rings. The number of nitrogens with zero attached hydrogens (tertiary/aromatic N) is 2. The normalized spacial score (nSPS) is 15.4. The van der Waals surface area contributed by atoms with E-state index in [0.717, 1.165) is 12.8 Å². The van der Waals surface area contributed by atoms with E-state index in [1.165, 1.54) is 24.5 Å².